The number of nitrogens with one attached hydrogen (secondary N) is 1. The normalized spacial score (nSPS) is 14.7. The number of Topliss-reactive ketones (excluding diaryl/α,β-unsaturated/α-hetero) is 1. The number of halogens is 1. The summed E-state index contributed by atoms with van der Waals surface area (Å²) in [4.78, 5) is 25.4. The Labute approximate surface area is 193 Å². The first-order valence-corrected chi connectivity index (χ1v) is 11.5. The van der Waals surface area contributed by atoms with Crippen LogP contribution in [0.1, 0.15) is 45.6 Å². The lowest BCUT2D eigenvalue weighted by Crippen LogP contribution is -2.25. The van der Waals surface area contributed by atoms with E-state index in [0.717, 1.165) is 36.3 Å². The summed E-state index contributed by atoms with van der Waals surface area (Å²) in [7, 11) is 0. The SMILES string of the molecule is CC(C)CNCCOc1nccc(-c2c(-c3ccc(F)cc3)ncn2C2CCC(=O)CC2)n1. The van der Waals surface area contributed by atoms with Crippen LogP contribution in [0.3, 0.4) is 0 Å². The van der Waals surface area contributed by atoms with Gasteiger partial charge in [0.1, 0.15) is 18.2 Å². The van der Waals surface area contributed by atoms with Gasteiger partial charge >= 0.3 is 6.01 Å². The summed E-state index contributed by atoms with van der Waals surface area (Å²) in [5.74, 6) is 0.578. The molecule has 2 aromatic heterocycles. The first-order chi connectivity index (χ1) is 16.0. The van der Waals surface area contributed by atoms with E-state index in [0.29, 0.717) is 49.4 Å². The van der Waals surface area contributed by atoms with E-state index in [9.17, 15) is 9.18 Å². The van der Waals surface area contributed by atoms with E-state index in [2.05, 4.69) is 38.7 Å². The van der Waals surface area contributed by atoms with Crippen LogP contribution in [0, 0.1) is 11.7 Å². The average Bonchev–Trinajstić information content (AvgIpc) is 3.25. The average molecular weight is 452 g/mol. The summed E-state index contributed by atoms with van der Waals surface area (Å²) in [5.41, 5.74) is 3.03. The Morgan fingerprint density at radius 2 is 1.91 bits per heavy atom. The molecule has 1 saturated carbocycles. The van der Waals surface area contributed by atoms with Crippen LogP contribution in [0.15, 0.2) is 42.9 Å². The van der Waals surface area contributed by atoms with Crippen LogP contribution in [0.2, 0.25) is 0 Å². The van der Waals surface area contributed by atoms with E-state index in [1.165, 1.54) is 12.1 Å². The van der Waals surface area contributed by atoms with Crippen LogP contribution in [0.25, 0.3) is 22.6 Å². The van der Waals surface area contributed by atoms with Gasteiger partial charge in [0.15, 0.2) is 0 Å². The molecule has 2 heterocycles. The zero-order valence-corrected chi connectivity index (χ0v) is 19.1. The van der Waals surface area contributed by atoms with E-state index in [4.69, 9.17) is 4.74 Å². The fraction of sp³-hybridized carbons (Fsp3) is 0.440. The van der Waals surface area contributed by atoms with Gasteiger partial charge in [-0.15, -0.1) is 0 Å². The largest absolute Gasteiger partial charge is 0.462 e. The molecule has 4 rings (SSSR count). The molecule has 0 saturated heterocycles. The van der Waals surface area contributed by atoms with Crippen molar-refractivity contribution in [1.82, 2.24) is 24.8 Å². The monoisotopic (exact) mass is 451 g/mol. The lowest BCUT2D eigenvalue weighted by atomic mass is 9.93. The van der Waals surface area contributed by atoms with Crippen LogP contribution in [-0.4, -0.2) is 45.0 Å². The van der Waals surface area contributed by atoms with Crippen molar-refractivity contribution in [2.45, 2.75) is 45.6 Å². The first-order valence-electron chi connectivity index (χ1n) is 11.5. The van der Waals surface area contributed by atoms with Crippen molar-refractivity contribution < 1.29 is 13.9 Å². The summed E-state index contributed by atoms with van der Waals surface area (Å²) in [5, 5.41) is 3.34. The smallest absolute Gasteiger partial charge is 0.316 e. The molecule has 0 unspecified atom stereocenters. The fourth-order valence-electron chi connectivity index (χ4n) is 4.06. The van der Waals surface area contributed by atoms with E-state index in [1.54, 1.807) is 24.7 Å². The van der Waals surface area contributed by atoms with Gasteiger partial charge in [0.05, 0.1) is 23.4 Å². The molecule has 1 aliphatic carbocycles. The van der Waals surface area contributed by atoms with Crippen molar-refractivity contribution in [1.29, 1.82) is 0 Å². The zero-order valence-electron chi connectivity index (χ0n) is 19.1. The molecule has 1 aliphatic rings. The maximum absolute atomic E-state index is 13.5. The number of carbonyl (C=O) groups excluding carboxylic acids is 1. The van der Waals surface area contributed by atoms with Crippen molar-refractivity contribution in [3.05, 3.63) is 48.7 Å². The molecule has 174 valence electrons. The van der Waals surface area contributed by atoms with Crippen molar-refractivity contribution in [2.75, 3.05) is 19.7 Å². The Morgan fingerprint density at radius 3 is 2.64 bits per heavy atom. The van der Waals surface area contributed by atoms with E-state index in [-0.39, 0.29) is 11.9 Å². The highest BCUT2D eigenvalue weighted by atomic mass is 19.1. The Kier molecular flexibility index (Phi) is 7.44. The first kappa shape index (κ1) is 23.0. The Morgan fingerprint density at radius 1 is 1.15 bits per heavy atom. The quantitative estimate of drug-likeness (QED) is 0.484. The van der Waals surface area contributed by atoms with Gasteiger partial charge in [-0.05, 0) is 55.6 Å². The Balaban J connectivity index is 1.62. The van der Waals surface area contributed by atoms with Gasteiger partial charge in [-0.2, -0.15) is 4.98 Å². The fourth-order valence-corrected chi connectivity index (χ4v) is 4.06. The third-order valence-electron chi connectivity index (χ3n) is 5.76. The lowest BCUT2D eigenvalue weighted by molar-refractivity contribution is -0.120. The number of nitrogens with zero attached hydrogens (tertiary/aromatic N) is 4. The summed E-state index contributed by atoms with van der Waals surface area (Å²) < 4.78 is 21.4. The molecule has 1 fully saturated rings. The zero-order chi connectivity index (χ0) is 23.2. The molecule has 1 N–H and O–H groups in total. The third-order valence-corrected chi connectivity index (χ3v) is 5.76. The van der Waals surface area contributed by atoms with Crippen LogP contribution < -0.4 is 10.1 Å². The lowest BCUT2D eigenvalue weighted by Gasteiger charge is -2.24. The van der Waals surface area contributed by atoms with Gasteiger partial charge in [0.2, 0.25) is 0 Å². The molecule has 1 aromatic carbocycles. The van der Waals surface area contributed by atoms with Crippen LogP contribution in [-0.2, 0) is 4.79 Å². The summed E-state index contributed by atoms with van der Waals surface area (Å²) in [6, 6.07) is 8.57. The van der Waals surface area contributed by atoms with Gasteiger partial charge in [-0.3, -0.25) is 4.79 Å². The minimum Gasteiger partial charge on any atom is -0.462 e. The van der Waals surface area contributed by atoms with Gasteiger partial charge in [0, 0.05) is 37.2 Å². The van der Waals surface area contributed by atoms with Gasteiger partial charge in [-0.25, -0.2) is 14.4 Å². The second-order valence-electron chi connectivity index (χ2n) is 8.80. The van der Waals surface area contributed by atoms with E-state index in [1.807, 2.05) is 6.07 Å². The van der Waals surface area contributed by atoms with Gasteiger partial charge in [-0.1, -0.05) is 13.8 Å². The maximum atomic E-state index is 13.5. The van der Waals surface area contributed by atoms with Crippen LogP contribution in [0.5, 0.6) is 6.01 Å². The minimum absolute atomic E-state index is 0.152. The second kappa shape index (κ2) is 10.7. The molecule has 0 spiro atoms. The van der Waals surface area contributed by atoms with Crippen LogP contribution >= 0.6 is 0 Å². The molecule has 0 atom stereocenters. The van der Waals surface area contributed by atoms with Crippen molar-refractivity contribution in [3.8, 4) is 28.7 Å². The van der Waals surface area contributed by atoms with E-state index >= 15 is 0 Å². The molecule has 0 aliphatic heterocycles. The number of rotatable bonds is 9. The maximum Gasteiger partial charge on any atom is 0.316 e. The second-order valence-corrected chi connectivity index (χ2v) is 8.80. The van der Waals surface area contributed by atoms with Gasteiger partial charge < -0.3 is 14.6 Å². The number of imidazole rings is 1. The van der Waals surface area contributed by atoms with Crippen molar-refractivity contribution >= 4 is 5.78 Å². The standard InChI is InChI=1S/C25H30FN5O2/c1-17(2)15-27-13-14-33-25-28-12-11-22(30-25)24-23(18-3-5-19(26)6-4-18)29-16-31(24)20-7-9-21(32)10-8-20/h3-6,11-12,16-17,20,27H,7-10,13-15H2,1-2H3. The van der Waals surface area contributed by atoms with Crippen molar-refractivity contribution in [3.63, 3.8) is 0 Å². The molecule has 7 nitrogen and oxygen atoms in total. The predicted molar refractivity (Wildman–Crippen MR) is 124 cm³/mol. The van der Waals surface area contributed by atoms with E-state index < -0.39 is 0 Å². The summed E-state index contributed by atoms with van der Waals surface area (Å²) in [6.45, 7) is 6.41. The molecule has 3 aromatic rings. The molecule has 0 amide bonds. The molecule has 0 bridgehead atoms. The topological polar surface area (TPSA) is 81.9 Å². The highest BCUT2D eigenvalue weighted by Gasteiger charge is 2.25. The van der Waals surface area contributed by atoms with Crippen LogP contribution in [0.4, 0.5) is 4.39 Å². The molecule has 0 radical (unpaired) electrons. The number of aromatic nitrogens is 4. The molecule has 8 heteroatoms. The number of ether oxygens (including phenoxy) is 1. The predicted octanol–water partition coefficient (Wildman–Crippen LogP) is 4.45. The molecule has 33 heavy (non-hydrogen) atoms. The number of hydrogen-bond acceptors (Lipinski definition) is 6. The molecular formula is C25H30FN5O2. The Bertz CT molecular complexity index is 1070. The Hall–Kier alpha value is -3.13. The summed E-state index contributed by atoms with van der Waals surface area (Å²) >= 11 is 0. The number of ketones is 1. The number of carbonyl (C=O) groups is 1. The highest BCUT2D eigenvalue weighted by Crippen LogP contribution is 2.36. The number of benzene rings is 1. The molecular weight excluding hydrogens is 421 g/mol. The van der Waals surface area contributed by atoms with Gasteiger partial charge in [0.25, 0.3) is 0 Å². The number of hydrogen-bond donors (Lipinski definition) is 1. The summed E-state index contributed by atoms with van der Waals surface area (Å²) in [6.07, 6.45) is 6.13. The van der Waals surface area contributed by atoms with Crippen molar-refractivity contribution in [2.24, 2.45) is 5.92 Å². The highest BCUT2D eigenvalue weighted by molar-refractivity contribution is 5.80. The third kappa shape index (κ3) is 5.82. The minimum atomic E-state index is -0.297.